The summed E-state index contributed by atoms with van der Waals surface area (Å²) >= 11 is 0. The summed E-state index contributed by atoms with van der Waals surface area (Å²) in [6.07, 6.45) is 0. The quantitative estimate of drug-likeness (QED) is 0.179. The summed E-state index contributed by atoms with van der Waals surface area (Å²) in [6.45, 7) is 4.69. The molecule has 0 unspecified atom stereocenters. The average Bonchev–Trinajstić information content (AvgIpc) is 4.02. The van der Waals surface area contributed by atoms with Crippen molar-refractivity contribution in [1.82, 2.24) is 0 Å². The topological polar surface area (TPSA) is 42.7 Å². The van der Waals surface area contributed by atoms with Gasteiger partial charge in [0.2, 0.25) is 0 Å². The number of rotatable bonds is 4. The fourth-order valence-electron chi connectivity index (χ4n) is 10.1. The van der Waals surface area contributed by atoms with E-state index in [9.17, 15) is 0 Å². The summed E-state index contributed by atoms with van der Waals surface area (Å²) in [6, 6.07) is 62.9. The molecule has 1 aliphatic rings. The Morgan fingerprint density at radius 1 is 0.373 bits per heavy atom. The van der Waals surface area contributed by atoms with Gasteiger partial charge in [-0.3, -0.25) is 0 Å². The molecule has 3 aromatic heterocycles. The summed E-state index contributed by atoms with van der Waals surface area (Å²) in [5.74, 6) is 0. The van der Waals surface area contributed by atoms with Gasteiger partial charge in [-0.25, -0.2) is 0 Å². The zero-order valence-electron chi connectivity index (χ0n) is 32.4. The van der Waals surface area contributed by atoms with Crippen molar-refractivity contribution in [3.8, 4) is 22.3 Å². The van der Waals surface area contributed by atoms with Crippen molar-refractivity contribution in [2.45, 2.75) is 19.3 Å². The van der Waals surface area contributed by atoms with E-state index in [0.717, 1.165) is 94.0 Å². The minimum absolute atomic E-state index is 0.173. The Morgan fingerprint density at radius 3 is 1.86 bits per heavy atom. The normalized spacial score (nSPS) is 13.4. The molecular formula is C55H35NO3. The van der Waals surface area contributed by atoms with Crippen LogP contribution in [0.25, 0.3) is 98.8 Å². The van der Waals surface area contributed by atoms with Crippen LogP contribution in [-0.4, -0.2) is 0 Å². The first-order valence-corrected chi connectivity index (χ1v) is 20.2. The van der Waals surface area contributed by atoms with Gasteiger partial charge >= 0.3 is 0 Å². The van der Waals surface area contributed by atoms with E-state index in [4.69, 9.17) is 13.3 Å². The van der Waals surface area contributed by atoms with E-state index in [0.29, 0.717) is 0 Å². The summed E-state index contributed by atoms with van der Waals surface area (Å²) in [5.41, 5.74) is 15.2. The molecule has 0 aliphatic heterocycles. The number of anilines is 3. The Labute approximate surface area is 339 Å². The van der Waals surface area contributed by atoms with Crippen molar-refractivity contribution < 1.29 is 13.3 Å². The Balaban J connectivity index is 1.17. The van der Waals surface area contributed by atoms with E-state index in [1.54, 1.807) is 0 Å². The zero-order valence-corrected chi connectivity index (χ0v) is 32.4. The Hall–Kier alpha value is -7.56. The standard InChI is InChI=1S/C55H35NO3/c1-55(2)44-21-8-5-16-36(44)37-26-25-33(31-45(37)55)56(46-22-11-14-32-13-3-4-15-35(32)46)34-29-42(40-20-12-19-39-38-17-6-9-23-47(38)58-53(39)40)54-43(30-34)52-50(59-54)28-27-49-51(52)41-18-7-10-24-48(41)57-49/h3-31H,1-2H3. The smallest absolute Gasteiger partial charge is 0.143 e. The van der Waals surface area contributed by atoms with Crippen molar-refractivity contribution in [2.24, 2.45) is 0 Å². The second-order valence-corrected chi connectivity index (χ2v) is 16.4. The SMILES string of the molecule is CC1(C)c2ccccc2-c2ccc(N(c3cc(-c4cccc5c4oc4ccccc45)c4oc5ccc6oc7ccccc7c6c5c4c3)c3cccc4ccccc34)cc21. The first kappa shape index (κ1) is 32.5. The fraction of sp³-hybridized carbons (Fsp3) is 0.0545. The maximum atomic E-state index is 7.03. The number of para-hydroxylation sites is 3. The first-order chi connectivity index (χ1) is 29.0. The lowest BCUT2D eigenvalue weighted by Gasteiger charge is -2.29. The molecule has 13 rings (SSSR count). The van der Waals surface area contributed by atoms with E-state index in [2.05, 4.69) is 158 Å². The summed E-state index contributed by atoms with van der Waals surface area (Å²) < 4.78 is 20.2. The molecule has 59 heavy (non-hydrogen) atoms. The van der Waals surface area contributed by atoms with Gasteiger partial charge < -0.3 is 18.2 Å². The van der Waals surface area contributed by atoms with Crippen molar-refractivity contribution >= 4 is 93.7 Å². The second kappa shape index (κ2) is 11.7. The van der Waals surface area contributed by atoms with Crippen LogP contribution in [0.5, 0.6) is 0 Å². The number of furan rings is 3. The van der Waals surface area contributed by atoms with Crippen LogP contribution in [0.1, 0.15) is 25.0 Å². The molecule has 0 radical (unpaired) electrons. The molecule has 3 heterocycles. The van der Waals surface area contributed by atoms with Gasteiger partial charge in [-0.05, 0) is 82.2 Å². The Kier molecular flexibility index (Phi) is 6.48. The molecule has 0 saturated heterocycles. The third-order valence-electron chi connectivity index (χ3n) is 12.8. The summed E-state index contributed by atoms with van der Waals surface area (Å²) in [7, 11) is 0. The van der Waals surface area contributed by atoms with E-state index < -0.39 is 0 Å². The van der Waals surface area contributed by atoms with Gasteiger partial charge in [-0.15, -0.1) is 0 Å². The Morgan fingerprint density at radius 2 is 0.983 bits per heavy atom. The van der Waals surface area contributed by atoms with E-state index in [1.165, 1.54) is 33.0 Å². The maximum absolute atomic E-state index is 7.03. The average molecular weight is 758 g/mol. The number of hydrogen-bond acceptors (Lipinski definition) is 4. The molecule has 0 saturated carbocycles. The van der Waals surface area contributed by atoms with E-state index in [1.807, 2.05) is 36.4 Å². The lowest BCUT2D eigenvalue weighted by molar-refractivity contribution is 0.660. The van der Waals surface area contributed by atoms with Gasteiger partial charge in [0.25, 0.3) is 0 Å². The molecule has 9 aromatic carbocycles. The minimum Gasteiger partial charge on any atom is -0.456 e. The molecule has 278 valence electrons. The lowest BCUT2D eigenvalue weighted by Crippen LogP contribution is -2.16. The van der Waals surface area contributed by atoms with Crippen LogP contribution in [-0.2, 0) is 5.41 Å². The highest BCUT2D eigenvalue weighted by Gasteiger charge is 2.36. The van der Waals surface area contributed by atoms with Crippen molar-refractivity contribution in [1.29, 1.82) is 0 Å². The third-order valence-corrected chi connectivity index (χ3v) is 12.8. The van der Waals surface area contributed by atoms with E-state index >= 15 is 0 Å². The van der Waals surface area contributed by atoms with Gasteiger partial charge in [-0.1, -0.05) is 135 Å². The van der Waals surface area contributed by atoms with Crippen LogP contribution in [0.15, 0.2) is 189 Å². The molecule has 4 nitrogen and oxygen atoms in total. The molecular weight excluding hydrogens is 723 g/mol. The van der Waals surface area contributed by atoms with Crippen LogP contribution in [0.2, 0.25) is 0 Å². The van der Waals surface area contributed by atoms with Crippen molar-refractivity contribution in [3.63, 3.8) is 0 Å². The van der Waals surface area contributed by atoms with Gasteiger partial charge in [0.1, 0.15) is 33.5 Å². The molecule has 1 aliphatic carbocycles. The predicted octanol–water partition coefficient (Wildman–Crippen LogP) is 16.0. The molecule has 4 heteroatoms. The first-order valence-electron chi connectivity index (χ1n) is 20.2. The largest absolute Gasteiger partial charge is 0.456 e. The highest BCUT2D eigenvalue weighted by Crippen LogP contribution is 2.53. The molecule has 12 aromatic rings. The molecule has 0 amide bonds. The second-order valence-electron chi connectivity index (χ2n) is 16.4. The van der Waals surface area contributed by atoms with E-state index in [-0.39, 0.29) is 5.41 Å². The van der Waals surface area contributed by atoms with Crippen molar-refractivity contribution in [3.05, 3.63) is 187 Å². The van der Waals surface area contributed by atoms with Crippen LogP contribution in [0.3, 0.4) is 0 Å². The summed E-state index contributed by atoms with van der Waals surface area (Å²) in [5, 5.41) is 8.66. The minimum atomic E-state index is -0.173. The summed E-state index contributed by atoms with van der Waals surface area (Å²) in [4.78, 5) is 2.44. The molecule has 0 fully saturated rings. The van der Waals surface area contributed by atoms with Crippen LogP contribution in [0.4, 0.5) is 17.1 Å². The third kappa shape index (κ3) is 4.49. The van der Waals surface area contributed by atoms with Gasteiger partial charge in [0.05, 0.1) is 5.69 Å². The van der Waals surface area contributed by atoms with Gasteiger partial charge in [0, 0.05) is 65.6 Å². The molecule has 0 spiro atoms. The number of benzene rings is 9. The van der Waals surface area contributed by atoms with Crippen LogP contribution < -0.4 is 4.90 Å². The number of fused-ring (bicyclic) bond motifs is 14. The predicted molar refractivity (Wildman–Crippen MR) is 243 cm³/mol. The maximum Gasteiger partial charge on any atom is 0.143 e. The molecule has 0 N–H and O–H groups in total. The highest BCUT2D eigenvalue weighted by molar-refractivity contribution is 6.28. The molecule has 0 atom stereocenters. The lowest BCUT2D eigenvalue weighted by atomic mass is 9.82. The van der Waals surface area contributed by atoms with Crippen LogP contribution in [0, 0.1) is 0 Å². The fourth-order valence-corrected chi connectivity index (χ4v) is 10.1. The zero-order chi connectivity index (χ0) is 39.0. The van der Waals surface area contributed by atoms with Gasteiger partial charge in [-0.2, -0.15) is 0 Å². The Bertz CT molecular complexity index is 3720. The monoisotopic (exact) mass is 757 g/mol. The van der Waals surface area contributed by atoms with Gasteiger partial charge in [0.15, 0.2) is 0 Å². The number of nitrogens with zero attached hydrogens (tertiary/aromatic N) is 1. The number of hydrogen-bond donors (Lipinski definition) is 0. The van der Waals surface area contributed by atoms with Crippen LogP contribution >= 0.6 is 0 Å². The highest BCUT2D eigenvalue weighted by atomic mass is 16.3. The molecule has 0 bridgehead atoms. The van der Waals surface area contributed by atoms with Crippen molar-refractivity contribution in [2.75, 3.05) is 4.90 Å².